The lowest BCUT2D eigenvalue weighted by molar-refractivity contribution is -0.150. The minimum Gasteiger partial charge on any atom is -0.468 e. The Balaban J connectivity index is 4.56. The van der Waals surface area contributed by atoms with E-state index in [-0.39, 0.29) is 23.7 Å². The molecule has 1 unspecified atom stereocenters. The topological polar surface area (TPSA) is 47.6 Å². The van der Waals surface area contributed by atoms with Gasteiger partial charge in [-0.3, -0.25) is 4.79 Å². The lowest BCUT2D eigenvalue weighted by Gasteiger charge is -2.30. The zero-order chi connectivity index (χ0) is 12.9. The number of methoxy groups -OCH3 is 1. The summed E-state index contributed by atoms with van der Waals surface area (Å²) in [6, 6.07) is -0.365. The number of carbonyl (C=O) groups is 1. The van der Waals surface area contributed by atoms with Crippen LogP contribution in [-0.2, 0) is 14.3 Å². The highest BCUT2D eigenvalue weighted by atomic mass is 28.3. The van der Waals surface area contributed by atoms with E-state index < -0.39 is 8.96 Å². The van der Waals surface area contributed by atoms with Gasteiger partial charge in [0.05, 0.1) is 18.8 Å². The third-order valence-corrected chi connectivity index (χ3v) is 3.00. The first-order valence-electron chi connectivity index (χ1n) is 5.69. The molecular formula is C11H25NO3Si. The molecule has 0 aromatic heterocycles. The Morgan fingerprint density at radius 2 is 1.81 bits per heavy atom. The van der Waals surface area contributed by atoms with Crippen LogP contribution in [-0.4, -0.2) is 39.8 Å². The second-order valence-electron chi connectivity index (χ2n) is 5.26. The van der Waals surface area contributed by atoms with Gasteiger partial charge in [-0.15, -0.1) is 0 Å². The molecule has 0 aliphatic rings. The van der Waals surface area contributed by atoms with Crippen molar-refractivity contribution in [3.05, 3.63) is 0 Å². The predicted octanol–water partition coefficient (Wildman–Crippen LogP) is 1.30. The van der Waals surface area contributed by atoms with Gasteiger partial charge in [-0.1, -0.05) is 13.1 Å². The van der Waals surface area contributed by atoms with Crippen LogP contribution in [0.3, 0.4) is 0 Å². The standard InChI is InChI=1S/C11H25NO3Si/c1-8(15-11(2,3)4)9(10(13)14-5)12-16(6)7/h8-9,12,16H,1-7H3/t8?,9-/m1/s1. The minimum absolute atomic E-state index is 0.192. The highest BCUT2D eigenvalue weighted by Gasteiger charge is 2.30. The molecule has 0 aromatic rings. The summed E-state index contributed by atoms with van der Waals surface area (Å²) in [5.41, 5.74) is -0.258. The van der Waals surface area contributed by atoms with Crippen molar-refractivity contribution in [3.63, 3.8) is 0 Å². The Labute approximate surface area is 100 Å². The third-order valence-electron chi connectivity index (χ3n) is 1.98. The summed E-state index contributed by atoms with van der Waals surface area (Å²) in [6.45, 7) is 12.1. The van der Waals surface area contributed by atoms with Crippen LogP contribution in [0.4, 0.5) is 0 Å². The summed E-state index contributed by atoms with van der Waals surface area (Å²) in [4.78, 5) is 14.9. The van der Waals surface area contributed by atoms with Crippen LogP contribution < -0.4 is 4.98 Å². The fourth-order valence-corrected chi connectivity index (χ4v) is 2.63. The van der Waals surface area contributed by atoms with Crippen molar-refractivity contribution < 1.29 is 14.3 Å². The van der Waals surface area contributed by atoms with Gasteiger partial charge < -0.3 is 14.5 Å². The molecule has 1 N–H and O–H groups in total. The molecule has 0 saturated heterocycles. The first kappa shape index (κ1) is 15.6. The molecule has 0 amide bonds. The first-order valence-corrected chi connectivity index (χ1v) is 8.57. The van der Waals surface area contributed by atoms with Crippen molar-refractivity contribution in [2.45, 2.75) is 58.5 Å². The molecule has 2 atom stereocenters. The van der Waals surface area contributed by atoms with Crippen LogP contribution in [0.5, 0.6) is 0 Å². The molecule has 96 valence electrons. The average molecular weight is 247 g/mol. The second-order valence-corrected chi connectivity index (χ2v) is 7.90. The summed E-state index contributed by atoms with van der Waals surface area (Å²) >= 11 is 0. The Morgan fingerprint density at radius 3 is 2.12 bits per heavy atom. The van der Waals surface area contributed by atoms with E-state index in [0.717, 1.165) is 0 Å². The van der Waals surface area contributed by atoms with E-state index in [0.29, 0.717) is 0 Å². The number of hydrogen-bond acceptors (Lipinski definition) is 4. The lowest BCUT2D eigenvalue weighted by atomic mass is 10.1. The molecule has 0 radical (unpaired) electrons. The highest BCUT2D eigenvalue weighted by Crippen LogP contribution is 2.13. The Kier molecular flexibility index (Phi) is 6.21. The molecule has 0 bridgehead atoms. The molecule has 0 spiro atoms. The third kappa shape index (κ3) is 6.25. The quantitative estimate of drug-likeness (QED) is 0.588. The van der Waals surface area contributed by atoms with E-state index in [4.69, 9.17) is 9.47 Å². The summed E-state index contributed by atoms with van der Waals surface area (Å²) in [7, 11) is 0.352. The van der Waals surface area contributed by atoms with E-state index >= 15 is 0 Å². The normalized spacial score (nSPS) is 16.0. The van der Waals surface area contributed by atoms with Gasteiger partial charge in [0, 0.05) is 0 Å². The summed E-state index contributed by atoms with van der Waals surface area (Å²) in [6.07, 6.45) is -0.192. The zero-order valence-electron chi connectivity index (χ0n) is 11.5. The van der Waals surface area contributed by atoms with Gasteiger partial charge in [0.1, 0.15) is 15.0 Å². The molecular weight excluding hydrogens is 222 g/mol. The maximum Gasteiger partial charge on any atom is 0.324 e. The molecule has 0 saturated carbocycles. The number of esters is 1. The molecule has 0 aromatic carbocycles. The highest BCUT2D eigenvalue weighted by molar-refractivity contribution is 6.53. The minimum atomic E-state index is -1.05. The maximum atomic E-state index is 11.6. The zero-order valence-corrected chi connectivity index (χ0v) is 12.6. The van der Waals surface area contributed by atoms with Crippen molar-refractivity contribution in [2.24, 2.45) is 0 Å². The lowest BCUT2D eigenvalue weighted by Crippen LogP contribution is -2.52. The molecule has 0 fully saturated rings. The van der Waals surface area contributed by atoms with Gasteiger partial charge in [0.25, 0.3) is 0 Å². The summed E-state index contributed by atoms with van der Waals surface area (Å²) in [5, 5.41) is 0. The average Bonchev–Trinajstić information content (AvgIpc) is 2.09. The molecule has 0 aliphatic carbocycles. The molecule has 5 heteroatoms. The number of hydrogen-bond donors (Lipinski definition) is 1. The van der Waals surface area contributed by atoms with Crippen LogP contribution in [0, 0.1) is 0 Å². The molecule has 0 heterocycles. The number of rotatable bonds is 5. The number of ether oxygens (including phenoxy) is 2. The van der Waals surface area contributed by atoms with Gasteiger partial charge >= 0.3 is 5.97 Å². The Bertz CT molecular complexity index is 226. The van der Waals surface area contributed by atoms with Gasteiger partial charge in [0.15, 0.2) is 0 Å². The van der Waals surface area contributed by atoms with Gasteiger partial charge in [-0.05, 0) is 27.7 Å². The molecule has 16 heavy (non-hydrogen) atoms. The smallest absolute Gasteiger partial charge is 0.324 e. The largest absolute Gasteiger partial charge is 0.468 e. The van der Waals surface area contributed by atoms with E-state index in [9.17, 15) is 4.79 Å². The van der Waals surface area contributed by atoms with Crippen LogP contribution in [0.2, 0.25) is 13.1 Å². The molecule has 0 rings (SSSR count). The van der Waals surface area contributed by atoms with Gasteiger partial charge in [0.2, 0.25) is 0 Å². The number of carbonyl (C=O) groups excluding carboxylic acids is 1. The van der Waals surface area contributed by atoms with Crippen molar-refractivity contribution in [1.82, 2.24) is 4.98 Å². The van der Waals surface area contributed by atoms with E-state index in [1.165, 1.54) is 7.11 Å². The monoisotopic (exact) mass is 247 g/mol. The van der Waals surface area contributed by atoms with Crippen molar-refractivity contribution >= 4 is 14.9 Å². The SMILES string of the molecule is COC(=O)[C@H](N[SiH](C)C)C(C)OC(C)(C)C. The van der Waals surface area contributed by atoms with Crippen molar-refractivity contribution in [1.29, 1.82) is 0 Å². The van der Waals surface area contributed by atoms with Gasteiger partial charge in [-0.2, -0.15) is 0 Å². The predicted molar refractivity (Wildman–Crippen MR) is 68.1 cm³/mol. The van der Waals surface area contributed by atoms with E-state index in [1.54, 1.807) is 0 Å². The van der Waals surface area contributed by atoms with Crippen molar-refractivity contribution in [3.8, 4) is 0 Å². The molecule has 0 aliphatic heterocycles. The van der Waals surface area contributed by atoms with E-state index in [1.807, 2.05) is 27.7 Å². The van der Waals surface area contributed by atoms with E-state index in [2.05, 4.69) is 18.1 Å². The van der Waals surface area contributed by atoms with Crippen LogP contribution in [0.15, 0.2) is 0 Å². The van der Waals surface area contributed by atoms with Crippen LogP contribution in [0.1, 0.15) is 27.7 Å². The molecule has 4 nitrogen and oxygen atoms in total. The summed E-state index contributed by atoms with van der Waals surface area (Å²) in [5.74, 6) is -0.252. The fraction of sp³-hybridized carbons (Fsp3) is 0.909. The second kappa shape index (κ2) is 6.37. The maximum absolute atomic E-state index is 11.6. The Morgan fingerprint density at radius 1 is 1.31 bits per heavy atom. The van der Waals surface area contributed by atoms with Crippen LogP contribution in [0.25, 0.3) is 0 Å². The first-order chi connectivity index (χ1) is 7.17. The Hall–Kier alpha value is -0.393. The van der Waals surface area contributed by atoms with Crippen LogP contribution >= 0.6 is 0 Å². The van der Waals surface area contributed by atoms with Crippen molar-refractivity contribution in [2.75, 3.05) is 7.11 Å². The van der Waals surface area contributed by atoms with Gasteiger partial charge in [-0.25, -0.2) is 0 Å². The fourth-order valence-electron chi connectivity index (χ4n) is 1.51. The number of nitrogens with one attached hydrogen (secondary N) is 1. The summed E-state index contributed by atoms with van der Waals surface area (Å²) < 4.78 is 10.6.